The third-order valence-corrected chi connectivity index (χ3v) is 11.9. The summed E-state index contributed by atoms with van der Waals surface area (Å²) in [4.78, 5) is 2.43. The maximum Gasteiger partial charge on any atom is 0.136 e. The summed E-state index contributed by atoms with van der Waals surface area (Å²) in [6.45, 7) is 0. The molecule has 1 saturated carbocycles. The molecular formula is C52H39NO2. The van der Waals surface area contributed by atoms with Crippen LogP contribution in [0.4, 0.5) is 17.1 Å². The van der Waals surface area contributed by atoms with E-state index in [2.05, 4.69) is 157 Å². The van der Waals surface area contributed by atoms with E-state index in [0.29, 0.717) is 5.92 Å². The molecule has 0 unspecified atom stereocenters. The highest BCUT2D eigenvalue weighted by Gasteiger charge is 2.23. The molecule has 0 radical (unpaired) electrons. The quantitative estimate of drug-likeness (QED) is 0.172. The van der Waals surface area contributed by atoms with Crippen LogP contribution < -0.4 is 4.90 Å². The molecule has 0 spiro atoms. The summed E-state index contributed by atoms with van der Waals surface area (Å²) >= 11 is 0. The van der Waals surface area contributed by atoms with Crippen molar-refractivity contribution in [3.8, 4) is 22.3 Å². The van der Waals surface area contributed by atoms with E-state index in [4.69, 9.17) is 8.83 Å². The van der Waals surface area contributed by atoms with Gasteiger partial charge in [-0.05, 0) is 112 Å². The summed E-state index contributed by atoms with van der Waals surface area (Å²) in [5.41, 5.74) is 13.1. The van der Waals surface area contributed by atoms with Crippen LogP contribution >= 0.6 is 0 Å². The van der Waals surface area contributed by atoms with E-state index in [1.807, 2.05) is 18.2 Å². The third-order valence-electron chi connectivity index (χ3n) is 11.9. The molecule has 2 heterocycles. The van der Waals surface area contributed by atoms with Crippen LogP contribution in [0.25, 0.3) is 76.9 Å². The number of fused-ring (bicyclic) bond motifs is 7. The Bertz CT molecular complexity index is 3040. The average molecular weight is 710 g/mol. The van der Waals surface area contributed by atoms with Crippen LogP contribution in [-0.4, -0.2) is 0 Å². The lowest BCUT2D eigenvalue weighted by Gasteiger charge is -2.29. The van der Waals surface area contributed by atoms with Crippen LogP contribution in [0.2, 0.25) is 0 Å². The molecular weight excluding hydrogens is 671 g/mol. The number of hydrogen-bond donors (Lipinski definition) is 0. The van der Waals surface area contributed by atoms with E-state index in [1.54, 1.807) is 0 Å². The summed E-state index contributed by atoms with van der Waals surface area (Å²) in [5, 5.41) is 7.18. The third kappa shape index (κ3) is 5.41. The van der Waals surface area contributed by atoms with Crippen molar-refractivity contribution in [2.45, 2.75) is 38.0 Å². The average Bonchev–Trinajstić information content (AvgIpc) is 3.82. The maximum absolute atomic E-state index is 6.33. The first-order valence-corrected chi connectivity index (χ1v) is 19.6. The second-order valence-corrected chi connectivity index (χ2v) is 15.1. The van der Waals surface area contributed by atoms with Gasteiger partial charge in [0.05, 0.1) is 5.69 Å². The highest BCUT2D eigenvalue weighted by molar-refractivity contribution is 6.08. The van der Waals surface area contributed by atoms with Gasteiger partial charge in [-0.15, -0.1) is 0 Å². The molecule has 3 nitrogen and oxygen atoms in total. The number of benzene rings is 8. The number of nitrogens with zero attached hydrogens (tertiary/aromatic N) is 1. The monoisotopic (exact) mass is 709 g/mol. The smallest absolute Gasteiger partial charge is 0.136 e. The predicted octanol–water partition coefficient (Wildman–Crippen LogP) is 15.5. The minimum Gasteiger partial charge on any atom is -0.456 e. The molecule has 0 atom stereocenters. The zero-order valence-corrected chi connectivity index (χ0v) is 30.5. The Morgan fingerprint density at radius 1 is 0.418 bits per heavy atom. The topological polar surface area (TPSA) is 29.5 Å². The van der Waals surface area contributed by atoms with E-state index in [0.717, 1.165) is 72.1 Å². The normalized spacial score (nSPS) is 13.7. The second-order valence-electron chi connectivity index (χ2n) is 15.1. The van der Waals surface area contributed by atoms with Crippen molar-refractivity contribution in [2.24, 2.45) is 0 Å². The fraction of sp³-hybridized carbons (Fsp3) is 0.115. The zero-order chi connectivity index (χ0) is 36.3. The summed E-state index contributed by atoms with van der Waals surface area (Å²) in [6.07, 6.45) is 6.46. The van der Waals surface area contributed by atoms with Gasteiger partial charge in [-0.1, -0.05) is 128 Å². The Balaban J connectivity index is 1.12. The molecule has 0 bridgehead atoms. The van der Waals surface area contributed by atoms with Gasteiger partial charge in [-0.2, -0.15) is 0 Å². The Morgan fingerprint density at radius 2 is 1.05 bits per heavy atom. The van der Waals surface area contributed by atoms with Gasteiger partial charge in [0.15, 0.2) is 0 Å². The number of hydrogen-bond acceptors (Lipinski definition) is 3. The summed E-state index contributed by atoms with van der Waals surface area (Å²) in [7, 11) is 0. The van der Waals surface area contributed by atoms with Crippen LogP contribution in [0, 0.1) is 0 Å². The van der Waals surface area contributed by atoms with Gasteiger partial charge in [0.25, 0.3) is 0 Å². The van der Waals surface area contributed by atoms with Crippen molar-refractivity contribution in [3.63, 3.8) is 0 Å². The van der Waals surface area contributed by atoms with E-state index >= 15 is 0 Å². The number of furan rings is 2. The minimum absolute atomic E-state index is 0.583. The van der Waals surface area contributed by atoms with Crippen LogP contribution in [0.3, 0.4) is 0 Å². The predicted molar refractivity (Wildman–Crippen MR) is 230 cm³/mol. The Morgan fingerprint density at radius 3 is 1.91 bits per heavy atom. The minimum atomic E-state index is 0.583. The molecule has 0 saturated heterocycles. The largest absolute Gasteiger partial charge is 0.456 e. The lowest BCUT2D eigenvalue weighted by molar-refractivity contribution is 0.445. The van der Waals surface area contributed by atoms with Crippen LogP contribution in [0.5, 0.6) is 0 Å². The van der Waals surface area contributed by atoms with Crippen LogP contribution in [0.15, 0.2) is 179 Å². The molecule has 0 amide bonds. The van der Waals surface area contributed by atoms with Crippen molar-refractivity contribution in [2.75, 3.05) is 4.90 Å². The van der Waals surface area contributed by atoms with Gasteiger partial charge >= 0.3 is 0 Å². The first kappa shape index (κ1) is 31.9. The Labute approximate surface area is 320 Å². The highest BCUT2D eigenvalue weighted by atomic mass is 16.3. The van der Waals surface area contributed by atoms with E-state index < -0.39 is 0 Å². The number of para-hydroxylation sites is 3. The molecule has 0 aliphatic heterocycles. The summed E-state index contributed by atoms with van der Waals surface area (Å²) < 4.78 is 12.7. The summed E-state index contributed by atoms with van der Waals surface area (Å²) in [5.74, 6) is 0.583. The van der Waals surface area contributed by atoms with Gasteiger partial charge in [0.2, 0.25) is 0 Å². The Hall–Kier alpha value is -6.58. The first-order chi connectivity index (χ1) is 27.3. The first-order valence-electron chi connectivity index (χ1n) is 19.6. The van der Waals surface area contributed by atoms with Gasteiger partial charge in [-0.25, -0.2) is 0 Å². The van der Waals surface area contributed by atoms with Gasteiger partial charge in [0, 0.05) is 38.5 Å². The Kier molecular flexibility index (Phi) is 7.58. The maximum atomic E-state index is 6.33. The molecule has 10 aromatic rings. The number of rotatable bonds is 6. The molecule has 3 heteroatoms. The van der Waals surface area contributed by atoms with Crippen LogP contribution in [0.1, 0.15) is 43.6 Å². The molecule has 264 valence electrons. The van der Waals surface area contributed by atoms with Crippen LogP contribution in [-0.2, 0) is 0 Å². The lowest BCUT2D eigenvalue weighted by Crippen LogP contribution is -2.11. The molecule has 55 heavy (non-hydrogen) atoms. The summed E-state index contributed by atoms with van der Waals surface area (Å²) in [6, 6.07) is 61.4. The van der Waals surface area contributed by atoms with Crippen molar-refractivity contribution < 1.29 is 8.83 Å². The second kappa shape index (κ2) is 13.1. The van der Waals surface area contributed by atoms with Gasteiger partial charge in [-0.3, -0.25) is 0 Å². The van der Waals surface area contributed by atoms with Crippen molar-refractivity contribution >= 4 is 71.7 Å². The zero-order valence-electron chi connectivity index (χ0n) is 30.5. The van der Waals surface area contributed by atoms with Crippen molar-refractivity contribution in [1.29, 1.82) is 0 Å². The SMILES string of the molecule is c1cc(-c2ccc3c(c2)oc2ccccc23)cc(N(c2ccc3oc4ccccc4c3c2)c2ccccc2-c2cccc3cccc(C4CCCCC4)c23)c1. The highest BCUT2D eigenvalue weighted by Crippen LogP contribution is 2.47. The van der Waals surface area contributed by atoms with Gasteiger partial charge in [0.1, 0.15) is 22.3 Å². The van der Waals surface area contributed by atoms with Gasteiger partial charge < -0.3 is 13.7 Å². The standard InChI is InChI=1S/C52H39NO2/c1-2-13-34(14-3-1)40-22-11-15-35-16-12-23-45(52(35)40)41-19-4-7-24-47(41)53(39-28-30-50-46(33-39)43-21-6-9-26-49(43)54-50)38-18-10-17-36(31-38)37-27-29-44-42-20-5-8-25-48(42)55-51(44)32-37/h4-12,15-34H,1-3,13-14H2. The molecule has 0 N–H and O–H groups in total. The lowest BCUT2D eigenvalue weighted by atomic mass is 9.80. The fourth-order valence-electron chi connectivity index (χ4n) is 9.26. The number of anilines is 3. The molecule has 8 aromatic carbocycles. The molecule has 11 rings (SSSR count). The van der Waals surface area contributed by atoms with Crippen molar-refractivity contribution in [3.05, 3.63) is 175 Å². The molecule has 1 fully saturated rings. The van der Waals surface area contributed by atoms with E-state index in [1.165, 1.54) is 59.6 Å². The molecule has 2 aromatic heterocycles. The van der Waals surface area contributed by atoms with E-state index in [9.17, 15) is 0 Å². The van der Waals surface area contributed by atoms with Crippen molar-refractivity contribution in [1.82, 2.24) is 0 Å². The van der Waals surface area contributed by atoms with E-state index in [-0.39, 0.29) is 0 Å². The molecule has 1 aliphatic rings. The molecule has 1 aliphatic carbocycles. The fourth-order valence-corrected chi connectivity index (χ4v) is 9.26.